The van der Waals surface area contributed by atoms with Crippen LogP contribution in [-0.4, -0.2) is 60.1 Å². The molecule has 1 N–H and O–H groups in total. The Balaban J connectivity index is 1.22. The average molecular weight is 427 g/mol. The van der Waals surface area contributed by atoms with Gasteiger partial charge >= 0.3 is 6.36 Å². The summed E-state index contributed by atoms with van der Waals surface area (Å²) in [6.07, 6.45) is -2.33. The summed E-state index contributed by atoms with van der Waals surface area (Å²) < 4.78 is 40.4. The number of rotatable bonds is 6. The lowest BCUT2D eigenvalue weighted by atomic mass is 10.3. The predicted octanol–water partition coefficient (Wildman–Crippen LogP) is 3.07. The van der Waals surface area contributed by atoms with Crippen LogP contribution in [0.1, 0.15) is 23.8 Å². The number of halogens is 3. The third kappa shape index (κ3) is 5.57. The van der Waals surface area contributed by atoms with Gasteiger partial charge in [-0.1, -0.05) is 11.3 Å². The van der Waals surface area contributed by atoms with E-state index in [1.807, 2.05) is 4.90 Å². The second-order valence-corrected chi connectivity index (χ2v) is 8.07. The van der Waals surface area contributed by atoms with Crippen LogP contribution in [0.2, 0.25) is 0 Å². The Labute approximate surface area is 169 Å². The minimum absolute atomic E-state index is 0.213. The molecule has 2 aromatic rings. The maximum Gasteiger partial charge on any atom is 0.573 e. The summed E-state index contributed by atoms with van der Waals surface area (Å²) >= 11 is 1.66. The lowest BCUT2D eigenvalue weighted by molar-refractivity contribution is -0.274. The summed E-state index contributed by atoms with van der Waals surface area (Å²) in [5, 5.41) is 13.3. The molecule has 2 fully saturated rings. The molecule has 0 atom stereocenters. The Hall–Kier alpha value is -2.40. The smallest absolute Gasteiger partial charge is 0.406 e. The molecule has 29 heavy (non-hydrogen) atoms. The molecule has 4 rings (SSSR count). The Morgan fingerprint density at radius 2 is 1.83 bits per heavy atom. The Morgan fingerprint density at radius 3 is 2.45 bits per heavy atom. The van der Waals surface area contributed by atoms with E-state index in [1.54, 1.807) is 11.3 Å². The second kappa shape index (κ2) is 8.15. The number of piperazine rings is 1. The first kappa shape index (κ1) is 19.9. The van der Waals surface area contributed by atoms with E-state index in [2.05, 4.69) is 25.2 Å². The zero-order valence-corrected chi connectivity index (χ0v) is 16.3. The van der Waals surface area contributed by atoms with Gasteiger partial charge in [-0.25, -0.2) is 0 Å². The molecule has 0 spiro atoms. The first-order chi connectivity index (χ1) is 13.9. The van der Waals surface area contributed by atoms with Crippen LogP contribution in [0.25, 0.3) is 0 Å². The van der Waals surface area contributed by atoms with Crippen molar-refractivity contribution in [2.24, 2.45) is 0 Å². The van der Waals surface area contributed by atoms with Crippen molar-refractivity contribution in [2.75, 3.05) is 42.9 Å². The van der Waals surface area contributed by atoms with E-state index in [0.29, 0.717) is 11.6 Å². The number of anilines is 2. The Morgan fingerprint density at radius 1 is 1.14 bits per heavy atom. The molecule has 2 aliphatic rings. The Kier molecular flexibility index (Phi) is 5.59. The lowest BCUT2D eigenvalue weighted by Crippen LogP contribution is -2.48. The highest BCUT2D eigenvalue weighted by Crippen LogP contribution is 2.42. The van der Waals surface area contributed by atoms with Crippen molar-refractivity contribution in [3.8, 4) is 5.75 Å². The normalized spacial score (nSPS) is 18.0. The van der Waals surface area contributed by atoms with Crippen molar-refractivity contribution in [1.82, 2.24) is 15.1 Å². The quantitative estimate of drug-likeness (QED) is 0.764. The molecular formula is C18H20F3N5O2S. The summed E-state index contributed by atoms with van der Waals surface area (Å²) in [4.78, 5) is 16.5. The standard InChI is InChI=1S/C18H20F3N5O2S/c19-18(20,21)28-14-5-3-13(4-6-14)22-15(27)11-25-7-9-26(10-8-25)17-24-23-16(29-17)12-1-2-12/h3-6,12H,1-2,7-11H2,(H,22,27). The predicted molar refractivity (Wildman–Crippen MR) is 102 cm³/mol. The number of benzene rings is 1. The number of aromatic nitrogens is 2. The number of alkyl halides is 3. The molecule has 7 nitrogen and oxygen atoms in total. The topological polar surface area (TPSA) is 70.6 Å². The first-order valence-electron chi connectivity index (χ1n) is 9.32. The van der Waals surface area contributed by atoms with Crippen molar-refractivity contribution >= 4 is 28.1 Å². The number of ether oxygens (including phenoxy) is 1. The van der Waals surface area contributed by atoms with Crippen LogP contribution < -0.4 is 15.0 Å². The van der Waals surface area contributed by atoms with E-state index in [4.69, 9.17) is 0 Å². The average Bonchev–Trinajstić information content (AvgIpc) is 3.40. The molecule has 11 heteroatoms. The van der Waals surface area contributed by atoms with E-state index in [1.165, 1.54) is 37.1 Å². The molecule has 1 saturated carbocycles. The van der Waals surface area contributed by atoms with Crippen LogP contribution in [0.5, 0.6) is 5.75 Å². The fourth-order valence-corrected chi connectivity index (χ4v) is 4.15. The summed E-state index contributed by atoms with van der Waals surface area (Å²) in [6.45, 7) is 3.22. The van der Waals surface area contributed by atoms with E-state index < -0.39 is 6.36 Å². The number of hydrogen-bond acceptors (Lipinski definition) is 7. The number of amides is 1. The van der Waals surface area contributed by atoms with Crippen molar-refractivity contribution < 1.29 is 22.7 Å². The van der Waals surface area contributed by atoms with Crippen LogP contribution in [0.15, 0.2) is 24.3 Å². The summed E-state index contributed by atoms with van der Waals surface area (Å²) in [6, 6.07) is 5.09. The third-order valence-electron chi connectivity index (χ3n) is 4.74. The molecule has 1 aromatic heterocycles. The summed E-state index contributed by atoms with van der Waals surface area (Å²) in [7, 11) is 0. The van der Waals surface area contributed by atoms with Gasteiger partial charge in [0.25, 0.3) is 0 Å². The van der Waals surface area contributed by atoms with Gasteiger partial charge < -0.3 is 15.0 Å². The number of nitrogens with zero attached hydrogens (tertiary/aromatic N) is 4. The van der Waals surface area contributed by atoms with Gasteiger partial charge in [0.15, 0.2) is 0 Å². The fraction of sp³-hybridized carbons (Fsp3) is 0.500. The Bertz CT molecular complexity index is 846. The lowest BCUT2D eigenvalue weighted by Gasteiger charge is -2.33. The van der Waals surface area contributed by atoms with Crippen LogP contribution in [0, 0.1) is 0 Å². The largest absolute Gasteiger partial charge is 0.573 e. The van der Waals surface area contributed by atoms with Gasteiger partial charge in [-0.15, -0.1) is 23.4 Å². The molecule has 2 heterocycles. The SMILES string of the molecule is O=C(CN1CCN(c2nnc(C3CC3)s2)CC1)Nc1ccc(OC(F)(F)F)cc1. The molecule has 1 aliphatic heterocycles. The van der Waals surface area contributed by atoms with Gasteiger partial charge in [0.05, 0.1) is 6.54 Å². The minimum atomic E-state index is -4.74. The van der Waals surface area contributed by atoms with E-state index in [0.717, 1.165) is 36.3 Å². The van der Waals surface area contributed by atoms with Crippen molar-refractivity contribution in [1.29, 1.82) is 0 Å². The van der Waals surface area contributed by atoms with Gasteiger partial charge in [0.1, 0.15) is 10.8 Å². The maximum absolute atomic E-state index is 12.2. The molecule has 0 radical (unpaired) electrons. The monoisotopic (exact) mass is 427 g/mol. The molecule has 0 unspecified atom stereocenters. The number of hydrogen-bond donors (Lipinski definition) is 1. The third-order valence-corrected chi connectivity index (χ3v) is 5.88. The molecule has 0 bridgehead atoms. The summed E-state index contributed by atoms with van der Waals surface area (Å²) in [5.41, 5.74) is 0.421. The van der Waals surface area contributed by atoms with Gasteiger partial charge in [-0.2, -0.15) is 0 Å². The van der Waals surface area contributed by atoms with Crippen molar-refractivity contribution in [3.05, 3.63) is 29.3 Å². The second-order valence-electron chi connectivity index (χ2n) is 7.08. The van der Waals surface area contributed by atoms with E-state index in [9.17, 15) is 18.0 Å². The van der Waals surface area contributed by atoms with Gasteiger partial charge in [-0.3, -0.25) is 9.69 Å². The zero-order valence-electron chi connectivity index (χ0n) is 15.5. The van der Waals surface area contributed by atoms with Gasteiger partial charge in [0.2, 0.25) is 11.0 Å². The molecule has 1 saturated heterocycles. The molecule has 1 aliphatic carbocycles. The highest BCUT2D eigenvalue weighted by molar-refractivity contribution is 7.15. The molecule has 156 valence electrons. The molecular weight excluding hydrogens is 407 g/mol. The molecule has 1 aromatic carbocycles. The van der Waals surface area contributed by atoms with Crippen LogP contribution >= 0.6 is 11.3 Å². The first-order valence-corrected chi connectivity index (χ1v) is 10.1. The minimum Gasteiger partial charge on any atom is -0.406 e. The number of nitrogens with one attached hydrogen (secondary N) is 1. The van der Waals surface area contributed by atoms with Crippen LogP contribution in [-0.2, 0) is 4.79 Å². The van der Waals surface area contributed by atoms with Gasteiger partial charge in [-0.05, 0) is 37.1 Å². The highest BCUT2D eigenvalue weighted by atomic mass is 32.1. The number of carbonyl (C=O) groups is 1. The van der Waals surface area contributed by atoms with Crippen molar-refractivity contribution in [3.63, 3.8) is 0 Å². The fourth-order valence-electron chi connectivity index (χ4n) is 3.09. The molecule has 1 amide bonds. The maximum atomic E-state index is 12.2. The highest BCUT2D eigenvalue weighted by Gasteiger charge is 2.31. The zero-order chi connectivity index (χ0) is 20.4. The van der Waals surface area contributed by atoms with Crippen LogP contribution in [0.4, 0.5) is 24.0 Å². The summed E-state index contributed by atoms with van der Waals surface area (Å²) in [5.74, 6) is 0.0586. The van der Waals surface area contributed by atoms with E-state index >= 15 is 0 Å². The van der Waals surface area contributed by atoms with Crippen LogP contribution in [0.3, 0.4) is 0 Å². The van der Waals surface area contributed by atoms with E-state index in [-0.39, 0.29) is 18.2 Å². The number of carbonyl (C=O) groups excluding carboxylic acids is 1. The van der Waals surface area contributed by atoms with Gasteiger partial charge in [0, 0.05) is 37.8 Å². The van der Waals surface area contributed by atoms with Crippen molar-refractivity contribution in [2.45, 2.75) is 25.1 Å².